The zero-order chi connectivity index (χ0) is 27.8. The van der Waals surface area contributed by atoms with Crippen molar-refractivity contribution in [3.8, 4) is 11.3 Å². The summed E-state index contributed by atoms with van der Waals surface area (Å²) in [6.45, 7) is 5.19. The van der Waals surface area contributed by atoms with Gasteiger partial charge >= 0.3 is 0 Å². The number of carbonyl (C=O) groups is 1. The molecule has 7 nitrogen and oxygen atoms in total. The van der Waals surface area contributed by atoms with Gasteiger partial charge in [-0.1, -0.05) is 35.6 Å². The van der Waals surface area contributed by atoms with E-state index < -0.39 is 6.17 Å². The SMILES string of the molecule is O=C(NCCCN1CCC(F)CC1)c1ccc2c(c1)sc1nc(-c3ccc([C@H]4CCCN4)cc3)c(NCC3CC3)n12. The largest absolute Gasteiger partial charge is 0.369 e. The molecule has 1 atom stereocenters. The van der Waals surface area contributed by atoms with Gasteiger partial charge in [0.05, 0.1) is 10.2 Å². The van der Waals surface area contributed by atoms with Crippen LogP contribution in [0.4, 0.5) is 10.2 Å². The van der Waals surface area contributed by atoms with Crippen LogP contribution in [-0.2, 0) is 0 Å². The molecular weight excluding hydrogens is 535 g/mol. The molecule has 0 radical (unpaired) electrons. The van der Waals surface area contributed by atoms with Crippen molar-refractivity contribution in [2.24, 2.45) is 5.92 Å². The molecule has 216 valence electrons. The number of benzene rings is 2. The first-order valence-corrected chi connectivity index (χ1v) is 16.1. The molecule has 7 rings (SSSR count). The average molecular weight is 575 g/mol. The van der Waals surface area contributed by atoms with Crippen molar-refractivity contribution >= 4 is 38.2 Å². The van der Waals surface area contributed by atoms with Crippen LogP contribution in [0.5, 0.6) is 0 Å². The van der Waals surface area contributed by atoms with Crippen molar-refractivity contribution in [2.75, 3.05) is 44.6 Å². The number of amides is 1. The number of nitrogens with zero attached hydrogens (tertiary/aromatic N) is 3. The van der Waals surface area contributed by atoms with Crippen LogP contribution < -0.4 is 16.0 Å². The number of fused-ring (bicyclic) bond motifs is 3. The lowest BCUT2D eigenvalue weighted by molar-refractivity contribution is 0.0950. The molecule has 2 aromatic heterocycles. The Kier molecular flexibility index (Phi) is 7.67. The topological polar surface area (TPSA) is 73.7 Å². The third-order valence-corrected chi connectivity index (χ3v) is 9.87. The van der Waals surface area contributed by atoms with E-state index in [1.54, 1.807) is 11.3 Å². The molecular formula is C32H39FN6OS. The highest BCUT2D eigenvalue weighted by atomic mass is 32.1. The van der Waals surface area contributed by atoms with Gasteiger partial charge in [0, 0.05) is 43.3 Å². The van der Waals surface area contributed by atoms with E-state index in [1.807, 2.05) is 12.1 Å². The second-order valence-corrected chi connectivity index (χ2v) is 12.9. The Hall–Kier alpha value is -3.01. The van der Waals surface area contributed by atoms with Crippen molar-refractivity contribution in [1.82, 2.24) is 24.9 Å². The number of hydrogen-bond acceptors (Lipinski definition) is 6. The van der Waals surface area contributed by atoms with Crippen LogP contribution in [0.1, 0.15) is 66.9 Å². The number of nitrogens with one attached hydrogen (secondary N) is 3. The predicted octanol–water partition coefficient (Wildman–Crippen LogP) is 6.02. The summed E-state index contributed by atoms with van der Waals surface area (Å²) in [7, 11) is 0. The van der Waals surface area contributed by atoms with Gasteiger partial charge in [-0.3, -0.25) is 9.20 Å². The zero-order valence-corrected chi connectivity index (χ0v) is 24.3. The molecule has 2 aromatic carbocycles. The Balaban J connectivity index is 1.09. The third-order valence-electron chi connectivity index (χ3n) is 8.87. The molecule has 4 aromatic rings. The highest BCUT2D eigenvalue weighted by molar-refractivity contribution is 7.23. The van der Waals surface area contributed by atoms with Crippen LogP contribution in [-0.4, -0.2) is 65.6 Å². The Morgan fingerprint density at radius 3 is 2.66 bits per heavy atom. The smallest absolute Gasteiger partial charge is 0.251 e. The van der Waals surface area contributed by atoms with Crippen LogP contribution in [0.2, 0.25) is 0 Å². The van der Waals surface area contributed by atoms with E-state index in [0.717, 1.165) is 77.3 Å². The van der Waals surface area contributed by atoms with Crippen molar-refractivity contribution in [1.29, 1.82) is 0 Å². The number of imidazole rings is 1. The average Bonchev–Trinajstić information content (AvgIpc) is 3.37. The summed E-state index contributed by atoms with van der Waals surface area (Å²) in [4.78, 5) is 21.3. The fourth-order valence-corrected chi connectivity index (χ4v) is 7.28. The predicted molar refractivity (Wildman–Crippen MR) is 165 cm³/mol. The number of carbonyl (C=O) groups excluding carboxylic acids is 1. The molecule has 1 amide bonds. The van der Waals surface area contributed by atoms with E-state index in [1.165, 1.54) is 31.2 Å². The summed E-state index contributed by atoms with van der Waals surface area (Å²) < 4.78 is 16.6. The quantitative estimate of drug-likeness (QED) is 0.202. The summed E-state index contributed by atoms with van der Waals surface area (Å²) >= 11 is 1.63. The summed E-state index contributed by atoms with van der Waals surface area (Å²) in [5.74, 6) is 1.73. The summed E-state index contributed by atoms with van der Waals surface area (Å²) in [5.41, 5.74) is 5.20. The van der Waals surface area contributed by atoms with Gasteiger partial charge < -0.3 is 20.9 Å². The maximum atomic E-state index is 13.4. The van der Waals surface area contributed by atoms with Gasteiger partial charge in [-0.05, 0) is 87.7 Å². The normalized spacial score (nSPS) is 20.3. The molecule has 3 fully saturated rings. The Morgan fingerprint density at radius 2 is 1.90 bits per heavy atom. The van der Waals surface area contributed by atoms with Crippen LogP contribution in [0, 0.1) is 5.92 Å². The second kappa shape index (κ2) is 11.7. The molecule has 1 aliphatic carbocycles. The number of piperidine rings is 1. The van der Waals surface area contributed by atoms with E-state index in [-0.39, 0.29) is 5.91 Å². The fourth-order valence-electron chi connectivity index (χ4n) is 6.21. The van der Waals surface area contributed by atoms with Crippen LogP contribution in [0.3, 0.4) is 0 Å². The Morgan fingerprint density at radius 1 is 1.07 bits per heavy atom. The molecule has 3 aliphatic rings. The number of rotatable bonds is 10. The zero-order valence-electron chi connectivity index (χ0n) is 23.5. The lowest BCUT2D eigenvalue weighted by atomic mass is 10.0. The number of hydrogen-bond donors (Lipinski definition) is 3. The van der Waals surface area contributed by atoms with Crippen LogP contribution in [0.25, 0.3) is 26.4 Å². The molecule has 4 heterocycles. The maximum Gasteiger partial charge on any atom is 0.251 e. The van der Waals surface area contributed by atoms with E-state index >= 15 is 0 Å². The molecule has 2 aliphatic heterocycles. The van der Waals surface area contributed by atoms with E-state index in [0.29, 0.717) is 31.0 Å². The van der Waals surface area contributed by atoms with Gasteiger partial charge in [0.25, 0.3) is 5.91 Å². The first-order valence-electron chi connectivity index (χ1n) is 15.3. The number of alkyl halides is 1. The highest BCUT2D eigenvalue weighted by Gasteiger charge is 2.25. The molecule has 41 heavy (non-hydrogen) atoms. The molecule has 2 saturated heterocycles. The van der Waals surface area contributed by atoms with Gasteiger partial charge in [0.2, 0.25) is 0 Å². The van der Waals surface area contributed by atoms with Crippen molar-refractivity contribution in [3.05, 3.63) is 53.6 Å². The van der Waals surface area contributed by atoms with Gasteiger partial charge in [-0.25, -0.2) is 9.37 Å². The summed E-state index contributed by atoms with van der Waals surface area (Å²) in [6.07, 6.45) is 6.47. The van der Waals surface area contributed by atoms with E-state index in [9.17, 15) is 9.18 Å². The van der Waals surface area contributed by atoms with Crippen LogP contribution >= 0.6 is 11.3 Å². The fraction of sp³-hybridized carbons (Fsp3) is 0.500. The minimum atomic E-state index is -0.650. The van der Waals surface area contributed by atoms with Crippen LogP contribution in [0.15, 0.2) is 42.5 Å². The number of thiazole rings is 1. The first-order chi connectivity index (χ1) is 20.1. The van der Waals surface area contributed by atoms with E-state index in [2.05, 4.69) is 55.6 Å². The molecule has 0 spiro atoms. The van der Waals surface area contributed by atoms with Gasteiger partial charge in [0.1, 0.15) is 17.7 Å². The van der Waals surface area contributed by atoms with Crippen molar-refractivity contribution in [2.45, 2.75) is 57.2 Å². The lowest BCUT2D eigenvalue weighted by Gasteiger charge is -2.28. The second-order valence-electron chi connectivity index (χ2n) is 11.9. The van der Waals surface area contributed by atoms with Gasteiger partial charge in [0.15, 0.2) is 4.96 Å². The Bertz CT molecular complexity index is 1510. The van der Waals surface area contributed by atoms with Crippen molar-refractivity contribution < 1.29 is 9.18 Å². The molecule has 9 heteroatoms. The minimum Gasteiger partial charge on any atom is -0.369 e. The monoisotopic (exact) mass is 574 g/mol. The third kappa shape index (κ3) is 5.85. The lowest BCUT2D eigenvalue weighted by Crippen LogP contribution is -2.36. The molecule has 1 saturated carbocycles. The first kappa shape index (κ1) is 26.9. The van der Waals surface area contributed by atoms with E-state index in [4.69, 9.17) is 4.98 Å². The molecule has 0 bridgehead atoms. The maximum absolute atomic E-state index is 13.4. The van der Waals surface area contributed by atoms with Crippen molar-refractivity contribution in [3.63, 3.8) is 0 Å². The number of aromatic nitrogens is 2. The summed E-state index contributed by atoms with van der Waals surface area (Å²) in [6, 6.07) is 15.3. The number of anilines is 1. The van der Waals surface area contributed by atoms with Gasteiger partial charge in [-0.2, -0.15) is 0 Å². The molecule has 3 N–H and O–H groups in total. The van der Waals surface area contributed by atoms with Gasteiger partial charge in [-0.15, -0.1) is 0 Å². The highest BCUT2D eigenvalue weighted by Crippen LogP contribution is 2.38. The number of halogens is 1. The number of likely N-dealkylation sites (tertiary alicyclic amines) is 1. The standard InChI is InChI=1S/C32H39FN6OS/c33-25-12-17-38(18-13-25)16-2-15-35-31(40)24-10-11-27-28(19-24)41-32-37-29(30(39(27)32)36-20-21-4-5-21)23-8-6-22(7-9-23)26-3-1-14-34-26/h6-11,19,21,25-26,34,36H,1-5,12-18,20H2,(H,35,40)/t26-/m1/s1. The summed E-state index contributed by atoms with van der Waals surface area (Å²) in [5, 5.41) is 10.4. The Labute approximate surface area is 244 Å². The molecule has 0 unspecified atom stereocenters. The minimum absolute atomic E-state index is 0.0509.